The largest absolute Gasteiger partial charge is 0.412 e. The summed E-state index contributed by atoms with van der Waals surface area (Å²) in [7, 11) is 0. The standard InChI is InChI=1S/C18H30N6.2H2O/c1-11(2)23-7-15-17(21-13(5)19-15)9-24(12(3)4)10-18-16(8-23)20-14(6)22-18;;/h11-12H,7-10H2,1-6H3,(H,19,21)(H,20,22);2*1H2. The average molecular weight is 367 g/mol. The Kier molecular flexibility index (Phi) is 7.52. The van der Waals surface area contributed by atoms with Crippen molar-refractivity contribution in [3.05, 3.63) is 34.4 Å². The topological polar surface area (TPSA) is 127 Å². The van der Waals surface area contributed by atoms with Crippen LogP contribution < -0.4 is 0 Å². The summed E-state index contributed by atoms with van der Waals surface area (Å²) >= 11 is 0. The summed E-state index contributed by atoms with van der Waals surface area (Å²) in [5, 5.41) is 0. The minimum absolute atomic E-state index is 0. The third-order valence-corrected chi connectivity index (χ3v) is 4.85. The highest BCUT2D eigenvalue weighted by molar-refractivity contribution is 5.19. The zero-order valence-electron chi connectivity index (χ0n) is 16.8. The van der Waals surface area contributed by atoms with E-state index in [1.807, 2.05) is 13.8 Å². The normalized spacial score (nSPS) is 16.0. The van der Waals surface area contributed by atoms with Crippen LogP contribution in [0.3, 0.4) is 0 Å². The van der Waals surface area contributed by atoms with E-state index in [2.05, 4.69) is 47.5 Å². The molecule has 0 spiro atoms. The van der Waals surface area contributed by atoms with Gasteiger partial charge >= 0.3 is 0 Å². The molecule has 0 unspecified atom stereocenters. The molecule has 0 bridgehead atoms. The van der Waals surface area contributed by atoms with Crippen LogP contribution in [0.15, 0.2) is 0 Å². The molecule has 1 aliphatic heterocycles. The van der Waals surface area contributed by atoms with E-state index < -0.39 is 0 Å². The predicted molar refractivity (Wildman–Crippen MR) is 103 cm³/mol. The number of rotatable bonds is 2. The number of fused-ring (bicyclic) bond motifs is 2. The van der Waals surface area contributed by atoms with Crippen molar-refractivity contribution in [1.29, 1.82) is 0 Å². The smallest absolute Gasteiger partial charge is 0.103 e. The van der Waals surface area contributed by atoms with E-state index in [4.69, 9.17) is 9.97 Å². The summed E-state index contributed by atoms with van der Waals surface area (Å²) in [6.07, 6.45) is 0. The Balaban J connectivity index is 0.00000169. The molecule has 2 aromatic rings. The molecule has 8 nitrogen and oxygen atoms in total. The van der Waals surface area contributed by atoms with Crippen LogP contribution in [0.2, 0.25) is 0 Å². The first-order valence-corrected chi connectivity index (χ1v) is 8.90. The van der Waals surface area contributed by atoms with E-state index in [1.165, 1.54) is 22.8 Å². The van der Waals surface area contributed by atoms with Crippen molar-refractivity contribution in [2.24, 2.45) is 0 Å². The SMILES string of the molecule is Cc1nc2c([nH]1)CN(C(C)C)Cc1[nH]c(C)nc1CN(C(C)C)C2.O.O. The number of nitrogens with zero attached hydrogens (tertiary/aromatic N) is 4. The van der Waals surface area contributed by atoms with Gasteiger partial charge in [0.2, 0.25) is 0 Å². The van der Waals surface area contributed by atoms with Crippen molar-refractivity contribution in [1.82, 2.24) is 29.7 Å². The van der Waals surface area contributed by atoms with Gasteiger partial charge in [0, 0.05) is 38.3 Å². The van der Waals surface area contributed by atoms with E-state index in [0.29, 0.717) is 12.1 Å². The lowest BCUT2D eigenvalue weighted by Gasteiger charge is -2.30. The molecule has 3 heterocycles. The lowest BCUT2D eigenvalue weighted by atomic mass is 10.1. The number of aryl methyl sites for hydroxylation is 2. The van der Waals surface area contributed by atoms with Gasteiger partial charge in [-0.1, -0.05) is 0 Å². The summed E-state index contributed by atoms with van der Waals surface area (Å²) in [6, 6.07) is 0.902. The van der Waals surface area contributed by atoms with Gasteiger partial charge in [-0.15, -0.1) is 0 Å². The molecule has 0 saturated carbocycles. The molecule has 0 fully saturated rings. The average Bonchev–Trinajstić information content (AvgIpc) is 3.00. The van der Waals surface area contributed by atoms with Crippen LogP contribution in [0.4, 0.5) is 0 Å². The van der Waals surface area contributed by atoms with Gasteiger partial charge in [0.25, 0.3) is 0 Å². The van der Waals surface area contributed by atoms with Gasteiger partial charge in [-0.2, -0.15) is 0 Å². The second-order valence-electron chi connectivity index (χ2n) is 7.49. The van der Waals surface area contributed by atoms with Crippen molar-refractivity contribution in [3.63, 3.8) is 0 Å². The molecule has 2 aromatic heterocycles. The van der Waals surface area contributed by atoms with E-state index in [-0.39, 0.29) is 11.0 Å². The number of hydrogen-bond acceptors (Lipinski definition) is 4. The molecule has 0 radical (unpaired) electrons. The van der Waals surface area contributed by atoms with Crippen LogP contribution in [0.1, 0.15) is 62.1 Å². The lowest BCUT2D eigenvalue weighted by Crippen LogP contribution is -2.35. The number of H-pyrrole nitrogens is 2. The summed E-state index contributed by atoms with van der Waals surface area (Å²) in [6.45, 7) is 16.5. The van der Waals surface area contributed by atoms with E-state index in [1.54, 1.807) is 0 Å². The molecule has 0 aliphatic carbocycles. The number of imidazole rings is 2. The lowest BCUT2D eigenvalue weighted by molar-refractivity contribution is 0.175. The van der Waals surface area contributed by atoms with Crippen LogP contribution in [0.5, 0.6) is 0 Å². The predicted octanol–water partition coefficient (Wildman–Crippen LogP) is 1.23. The summed E-state index contributed by atoms with van der Waals surface area (Å²) < 4.78 is 0. The fourth-order valence-corrected chi connectivity index (χ4v) is 3.33. The first-order valence-electron chi connectivity index (χ1n) is 8.90. The summed E-state index contributed by atoms with van der Waals surface area (Å²) in [4.78, 5) is 21.4. The number of nitrogens with one attached hydrogen (secondary N) is 2. The fraction of sp³-hybridized carbons (Fsp3) is 0.667. The molecule has 148 valence electrons. The fourth-order valence-electron chi connectivity index (χ4n) is 3.33. The first kappa shape index (κ1) is 22.3. The van der Waals surface area contributed by atoms with E-state index in [9.17, 15) is 0 Å². The molecular weight excluding hydrogens is 332 g/mol. The summed E-state index contributed by atoms with van der Waals surface area (Å²) in [5.41, 5.74) is 4.82. The monoisotopic (exact) mass is 366 g/mol. The highest BCUT2D eigenvalue weighted by Crippen LogP contribution is 2.22. The van der Waals surface area contributed by atoms with Crippen molar-refractivity contribution >= 4 is 0 Å². The van der Waals surface area contributed by atoms with Crippen molar-refractivity contribution in [2.45, 2.75) is 79.8 Å². The number of hydrogen-bond donors (Lipinski definition) is 2. The molecule has 0 aromatic carbocycles. The highest BCUT2D eigenvalue weighted by atomic mass is 16.0. The van der Waals surface area contributed by atoms with Gasteiger partial charge in [-0.25, -0.2) is 9.97 Å². The van der Waals surface area contributed by atoms with Crippen molar-refractivity contribution in [2.75, 3.05) is 0 Å². The van der Waals surface area contributed by atoms with E-state index in [0.717, 1.165) is 37.8 Å². The maximum absolute atomic E-state index is 4.76. The van der Waals surface area contributed by atoms with Gasteiger partial charge < -0.3 is 20.9 Å². The molecule has 0 amide bonds. The molecule has 6 N–H and O–H groups in total. The van der Waals surface area contributed by atoms with E-state index >= 15 is 0 Å². The molecule has 3 rings (SSSR count). The Morgan fingerprint density at radius 1 is 0.692 bits per heavy atom. The Morgan fingerprint density at radius 3 is 1.38 bits per heavy atom. The Labute approximate surface area is 155 Å². The van der Waals surface area contributed by atoms with Gasteiger partial charge in [-0.3, -0.25) is 9.80 Å². The Morgan fingerprint density at radius 2 is 1.04 bits per heavy atom. The van der Waals surface area contributed by atoms with Crippen LogP contribution in [-0.4, -0.2) is 52.8 Å². The molecule has 26 heavy (non-hydrogen) atoms. The summed E-state index contributed by atoms with van der Waals surface area (Å²) in [5.74, 6) is 2.00. The minimum Gasteiger partial charge on any atom is -0.412 e. The maximum atomic E-state index is 4.76. The van der Waals surface area contributed by atoms with Crippen LogP contribution in [0.25, 0.3) is 0 Å². The number of aromatic amines is 2. The Bertz CT molecular complexity index is 599. The van der Waals surface area contributed by atoms with Gasteiger partial charge in [-0.05, 0) is 41.5 Å². The van der Waals surface area contributed by atoms with Crippen molar-refractivity contribution < 1.29 is 11.0 Å². The van der Waals surface area contributed by atoms with Gasteiger partial charge in [0.1, 0.15) is 11.6 Å². The quantitative estimate of drug-likeness (QED) is 0.828. The van der Waals surface area contributed by atoms with Gasteiger partial charge in [0.15, 0.2) is 0 Å². The third kappa shape index (κ3) is 4.70. The van der Waals surface area contributed by atoms with Crippen LogP contribution in [0, 0.1) is 13.8 Å². The van der Waals surface area contributed by atoms with Gasteiger partial charge in [0.05, 0.1) is 22.8 Å². The zero-order chi connectivity index (χ0) is 17.4. The molecule has 8 heteroatoms. The van der Waals surface area contributed by atoms with Crippen LogP contribution in [-0.2, 0) is 26.2 Å². The molecule has 0 atom stereocenters. The second kappa shape index (κ2) is 8.77. The maximum Gasteiger partial charge on any atom is 0.103 e. The minimum atomic E-state index is 0. The highest BCUT2D eigenvalue weighted by Gasteiger charge is 2.24. The molecule has 0 saturated heterocycles. The first-order chi connectivity index (χ1) is 11.3. The van der Waals surface area contributed by atoms with Crippen LogP contribution >= 0.6 is 0 Å². The molecule has 1 aliphatic rings. The zero-order valence-corrected chi connectivity index (χ0v) is 16.8. The second-order valence-corrected chi connectivity index (χ2v) is 7.49. The third-order valence-electron chi connectivity index (χ3n) is 4.85. The Hall–Kier alpha value is -1.74. The number of aromatic nitrogens is 4. The van der Waals surface area contributed by atoms with Crippen molar-refractivity contribution in [3.8, 4) is 0 Å². The molecular formula is C18H34N6O2.